The number of hydrazine groups is 2. The van der Waals surface area contributed by atoms with Crippen molar-refractivity contribution in [3.63, 3.8) is 0 Å². The molecule has 0 radical (unpaired) electrons. The summed E-state index contributed by atoms with van der Waals surface area (Å²) in [4.78, 5) is 16.9. The number of nitrogens with two attached hydrogens (primary N) is 2. The molecule has 4 N–H and O–H groups in total. The van der Waals surface area contributed by atoms with Crippen LogP contribution in [0.25, 0.3) is 0 Å². The topological polar surface area (TPSA) is 106 Å². The van der Waals surface area contributed by atoms with Crippen molar-refractivity contribution in [2.45, 2.75) is 38.5 Å². The summed E-state index contributed by atoms with van der Waals surface area (Å²) in [7, 11) is 2.66. The van der Waals surface area contributed by atoms with Crippen LogP contribution >= 0.6 is 0 Å². The Morgan fingerprint density at radius 3 is 2.48 bits per heavy atom. The lowest BCUT2D eigenvalue weighted by Crippen LogP contribution is -2.49. The molecule has 0 aromatic heterocycles. The molecule has 0 aliphatic heterocycles. The van der Waals surface area contributed by atoms with E-state index in [9.17, 15) is 18.0 Å². The Labute approximate surface area is 189 Å². The molecule has 8 nitrogen and oxygen atoms in total. The highest BCUT2D eigenvalue weighted by Gasteiger charge is 2.35. The average molecular weight is 465 g/mol. The van der Waals surface area contributed by atoms with E-state index in [1.165, 1.54) is 26.3 Å². The molecule has 1 saturated carbocycles. The zero-order chi connectivity index (χ0) is 24.3. The molecule has 0 unspecified atom stereocenters. The molecule has 2 aromatic rings. The second-order valence-corrected chi connectivity index (χ2v) is 7.74. The van der Waals surface area contributed by atoms with E-state index < -0.39 is 17.8 Å². The highest BCUT2D eigenvalue weighted by molar-refractivity contribution is 5.98. The Morgan fingerprint density at radius 1 is 1.21 bits per heavy atom. The number of nitrogens with zero attached hydrogens (tertiary/aromatic N) is 3. The molecule has 11 heteroatoms. The van der Waals surface area contributed by atoms with Crippen LogP contribution in [-0.4, -0.2) is 30.9 Å². The lowest BCUT2D eigenvalue weighted by Gasteiger charge is -2.25. The van der Waals surface area contributed by atoms with Crippen LogP contribution < -0.4 is 21.4 Å². The smallest absolute Gasteiger partial charge is 0.419 e. The van der Waals surface area contributed by atoms with Gasteiger partial charge in [-0.1, -0.05) is 17.3 Å². The fraction of sp³-hybridized carbons (Fsp3) is 0.364. The van der Waals surface area contributed by atoms with Gasteiger partial charge in [-0.2, -0.15) is 13.2 Å². The zero-order valence-electron chi connectivity index (χ0n) is 18.5. The number of carbonyl (C=O) groups excluding carboxylic acids is 1. The van der Waals surface area contributed by atoms with Gasteiger partial charge in [-0.15, -0.1) is 0 Å². The number of urea groups is 1. The number of hydrogen-bond acceptors (Lipinski definition) is 6. The highest BCUT2D eigenvalue weighted by atomic mass is 19.4. The van der Waals surface area contributed by atoms with Gasteiger partial charge in [0, 0.05) is 12.6 Å². The quantitative estimate of drug-likeness (QED) is 0.277. The second kappa shape index (κ2) is 9.67. The normalized spacial score (nSPS) is 14.1. The van der Waals surface area contributed by atoms with Gasteiger partial charge in [-0.05, 0) is 61.1 Å². The molecule has 1 fully saturated rings. The molecule has 0 spiro atoms. The zero-order valence-corrected chi connectivity index (χ0v) is 18.5. The van der Waals surface area contributed by atoms with Gasteiger partial charge < -0.3 is 9.57 Å². The summed E-state index contributed by atoms with van der Waals surface area (Å²) < 4.78 is 47.0. The summed E-state index contributed by atoms with van der Waals surface area (Å²) in [5, 5.41) is 5.37. The number of carbonyl (C=O) groups is 1. The Bertz CT molecular complexity index is 1050. The molecule has 2 aromatic carbocycles. The van der Waals surface area contributed by atoms with E-state index in [1.807, 2.05) is 6.07 Å². The van der Waals surface area contributed by atoms with E-state index >= 15 is 0 Å². The molecular weight excluding hydrogens is 439 g/mol. The van der Waals surface area contributed by atoms with Crippen LogP contribution in [0.4, 0.5) is 23.7 Å². The fourth-order valence-electron chi connectivity index (χ4n) is 3.47. The third-order valence-electron chi connectivity index (χ3n) is 5.28. The number of halogens is 3. The number of amides is 2. The van der Waals surface area contributed by atoms with Gasteiger partial charge in [0.05, 0.1) is 17.0 Å². The van der Waals surface area contributed by atoms with E-state index in [0.29, 0.717) is 17.0 Å². The summed E-state index contributed by atoms with van der Waals surface area (Å²) in [6, 6.07) is 8.20. The maximum atomic E-state index is 13.8. The van der Waals surface area contributed by atoms with Gasteiger partial charge in [0.1, 0.15) is 19.5 Å². The van der Waals surface area contributed by atoms with Crippen molar-refractivity contribution >= 4 is 17.4 Å². The van der Waals surface area contributed by atoms with Crippen LogP contribution in [0.1, 0.15) is 47.9 Å². The van der Waals surface area contributed by atoms with Gasteiger partial charge in [-0.3, -0.25) is 5.01 Å². The van der Waals surface area contributed by atoms with Crippen molar-refractivity contribution in [2.75, 3.05) is 19.2 Å². The number of anilines is 1. The van der Waals surface area contributed by atoms with Gasteiger partial charge in [0.25, 0.3) is 0 Å². The SMILES string of the molecule is CO/N=C(/C)c1ccc(OCc2c(C3CC3)cccc2N(N)C(=O)N(C)N)c(C(F)(F)F)c1. The van der Waals surface area contributed by atoms with E-state index in [2.05, 4.69) is 9.99 Å². The fourth-order valence-corrected chi connectivity index (χ4v) is 3.47. The van der Waals surface area contributed by atoms with Crippen molar-refractivity contribution in [2.24, 2.45) is 16.8 Å². The van der Waals surface area contributed by atoms with E-state index in [4.69, 9.17) is 16.4 Å². The maximum Gasteiger partial charge on any atom is 0.419 e. The van der Waals surface area contributed by atoms with Crippen molar-refractivity contribution in [3.05, 3.63) is 58.7 Å². The minimum Gasteiger partial charge on any atom is -0.488 e. The number of hydrogen-bond donors (Lipinski definition) is 2. The molecule has 33 heavy (non-hydrogen) atoms. The van der Waals surface area contributed by atoms with Crippen molar-refractivity contribution in [1.82, 2.24) is 5.01 Å². The minimum absolute atomic E-state index is 0.217. The number of oxime groups is 1. The first kappa shape index (κ1) is 24.3. The van der Waals surface area contributed by atoms with Crippen LogP contribution in [0.2, 0.25) is 0 Å². The Morgan fingerprint density at radius 2 is 1.91 bits per heavy atom. The Kier molecular flexibility index (Phi) is 7.13. The van der Waals surface area contributed by atoms with Crippen LogP contribution in [0.5, 0.6) is 5.75 Å². The molecule has 178 valence electrons. The molecule has 0 atom stereocenters. The number of alkyl halides is 3. The molecule has 1 aliphatic rings. The standard InChI is InChI=1S/C22H26F3N5O3/c1-13(28-32-3)15-9-10-20(18(11-15)22(23,24)25)33-12-17-16(14-7-8-14)5-4-6-19(17)30(27)21(31)29(2)26/h4-6,9-11,14H,7-8,12,26-27H2,1-3H3/b28-13-. The lowest BCUT2D eigenvalue weighted by molar-refractivity contribution is -0.139. The van der Waals surface area contributed by atoms with Crippen LogP contribution in [0.3, 0.4) is 0 Å². The van der Waals surface area contributed by atoms with E-state index in [1.54, 1.807) is 19.1 Å². The third kappa shape index (κ3) is 5.55. The van der Waals surface area contributed by atoms with Crippen molar-refractivity contribution < 1.29 is 27.5 Å². The Balaban J connectivity index is 1.98. The molecule has 0 heterocycles. The number of rotatable bonds is 7. The van der Waals surface area contributed by atoms with Crippen LogP contribution in [0.15, 0.2) is 41.6 Å². The van der Waals surface area contributed by atoms with E-state index in [-0.39, 0.29) is 23.8 Å². The molecular formula is C22H26F3N5O3. The first-order valence-electron chi connectivity index (χ1n) is 10.2. The minimum atomic E-state index is -4.66. The molecule has 3 rings (SSSR count). The number of ether oxygens (including phenoxy) is 1. The first-order chi connectivity index (χ1) is 15.5. The summed E-state index contributed by atoms with van der Waals surface area (Å²) >= 11 is 0. The highest BCUT2D eigenvalue weighted by Crippen LogP contribution is 2.44. The van der Waals surface area contributed by atoms with Gasteiger partial charge in [0.2, 0.25) is 0 Å². The second-order valence-electron chi connectivity index (χ2n) is 7.74. The summed E-state index contributed by atoms with van der Waals surface area (Å²) in [6.07, 6.45) is -2.78. The van der Waals surface area contributed by atoms with Crippen LogP contribution in [0, 0.1) is 0 Å². The van der Waals surface area contributed by atoms with Crippen LogP contribution in [-0.2, 0) is 17.6 Å². The summed E-state index contributed by atoms with van der Waals surface area (Å²) in [5.74, 6) is 11.4. The van der Waals surface area contributed by atoms with Gasteiger partial charge in [-0.25, -0.2) is 21.5 Å². The average Bonchev–Trinajstić information content (AvgIpc) is 3.61. The van der Waals surface area contributed by atoms with Crippen molar-refractivity contribution in [1.29, 1.82) is 0 Å². The maximum absolute atomic E-state index is 13.8. The monoisotopic (exact) mass is 465 g/mol. The van der Waals surface area contributed by atoms with E-state index in [0.717, 1.165) is 34.5 Å². The molecule has 1 aliphatic carbocycles. The van der Waals surface area contributed by atoms with Crippen molar-refractivity contribution in [3.8, 4) is 5.75 Å². The van der Waals surface area contributed by atoms with Gasteiger partial charge >= 0.3 is 12.2 Å². The summed E-state index contributed by atoms with van der Waals surface area (Å²) in [5.41, 5.74) is 1.32. The predicted octanol–water partition coefficient (Wildman–Crippen LogP) is 4.14. The summed E-state index contributed by atoms with van der Waals surface area (Å²) in [6.45, 7) is 1.32. The lowest BCUT2D eigenvalue weighted by atomic mass is 10.0. The molecule has 0 saturated heterocycles. The number of benzene rings is 2. The predicted molar refractivity (Wildman–Crippen MR) is 117 cm³/mol. The first-order valence-corrected chi connectivity index (χ1v) is 10.2. The van der Waals surface area contributed by atoms with Gasteiger partial charge in [0.15, 0.2) is 0 Å². The molecule has 0 bridgehead atoms. The largest absolute Gasteiger partial charge is 0.488 e. The third-order valence-corrected chi connectivity index (χ3v) is 5.28. The Hall–Kier alpha value is -3.31. The molecule has 2 amide bonds.